The van der Waals surface area contributed by atoms with Gasteiger partial charge in [0, 0.05) is 45.8 Å². The zero-order chi connectivity index (χ0) is 22.0. The van der Waals surface area contributed by atoms with Gasteiger partial charge in [-0.1, -0.05) is 18.2 Å². The molecule has 0 spiro atoms. The van der Waals surface area contributed by atoms with Gasteiger partial charge in [0.25, 0.3) is 0 Å². The van der Waals surface area contributed by atoms with Crippen molar-refractivity contribution in [1.29, 1.82) is 0 Å². The summed E-state index contributed by atoms with van der Waals surface area (Å²) in [6.45, 7) is 4.22. The fraction of sp³-hybridized carbons (Fsp3) is 0.522. The SMILES string of the molecule is COc1ccc2cc(CN(C)C(=O)CN3CCN([C@H]4CCS(=O)(=O)C4)CC3)ccc2c1. The average molecular weight is 446 g/mol. The molecule has 2 aliphatic heterocycles. The number of hydrogen-bond donors (Lipinski definition) is 0. The lowest BCUT2D eigenvalue weighted by Crippen LogP contribution is -2.52. The second kappa shape index (κ2) is 9.14. The third-order valence-corrected chi connectivity index (χ3v) is 8.20. The molecule has 0 aromatic heterocycles. The number of piperazine rings is 1. The van der Waals surface area contributed by atoms with Gasteiger partial charge in [-0.15, -0.1) is 0 Å². The quantitative estimate of drug-likeness (QED) is 0.673. The Hall–Kier alpha value is -2.16. The van der Waals surface area contributed by atoms with Gasteiger partial charge in [0.05, 0.1) is 25.2 Å². The van der Waals surface area contributed by atoms with Crippen LogP contribution in [-0.2, 0) is 21.2 Å². The lowest BCUT2D eigenvalue weighted by molar-refractivity contribution is -0.132. The molecule has 4 rings (SSSR count). The molecule has 0 aliphatic carbocycles. The lowest BCUT2D eigenvalue weighted by Gasteiger charge is -2.37. The van der Waals surface area contributed by atoms with E-state index in [2.05, 4.69) is 28.0 Å². The zero-order valence-corrected chi connectivity index (χ0v) is 19.1. The molecule has 2 heterocycles. The number of rotatable bonds is 6. The lowest BCUT2D eigenvalue weighted by atomic mass is 10.1. The van der Waals surface area contributed by atoms with Crippen LogP contribution in [0.5, 0.6) is 5.75 Å². The molecule has 0 saturated carbocycles. The number of fused-ring (bicyclic) bond motifs is 1. The Bertz CT molecular complexity index is 1050. The Labute approximate surface area is 184 Å². The molecule has 2 fully saturated rings. The summed E-state index contributed by atoms with van der Waals surface area (Å²) >= 11 is 0. The molecule has 7 nitrogen and oxygen atoms in total. The minimum atomic E-state index is -2.86. The molecule has 0 radical (unpaired) electrons. The summed E-state index contributed by atoms with van der Waals surface area (Å²) in [6.07, 6.45) is 0.739. The van der Waals surface area contributed by atoms with Crippen LogP contribution in [0.25, 0.3) is 10.8 Å². The van der Waals surface area contributed by atoms with Gasteiger partial charge < -0.3 is 9.64 Å². The molecule has 2 aromatic carbocycles. The first-order chi connectivity index (χ1) is 14.8. The molecule has 0 N–H and O–H groups in total. The Kier molecular flexibility index (Phi) is 6.50. The maximum absolute atomic E-state index is 12.8. The maximum Gasteiger partial charge on any atom is 0.236 e. The van der Waals surface area contributed by atoms with Crippen molar-refractivity contribution < 1.29 is 17.9 Å². The molecule has 168 valence electrons. The molecule has 2 saturated heterocycles. The number of amides is 1. The normalized spacial score (nSPS) is 21.9. The van der Waals surface area contributed by atoms with E-state index in [0.29, 0.717) is 18.8 Å². The van der Waals surface area contributed by atoms with Crippen molar-refractivity contribution in [3.8, 4) is 5.75 Å². The first-order valence-electron chi connectivity index (χ1n) is 10.8. The third kappa shape index (κ3) is 5.37. The number of nitrogens with zero attached hydrogens (tertiary/aromatic N) is 3. The van der Waals surface area contributed by atoms with Crippen molar-refractivity contribution in [3.05, 3.63) is 42.0 Å². The van der Waals surface area contributed by atoms with Crippen molar-refractivity contribution in [1.82, 2.24) is 14.7 Å². The Morgan fingerprint density at radius 1 is 1.10 bits per heavy atom. The molecule has 2 aromatic rings. The van der Waals surface area contributed by atoms with Crippen LogP contribution in [0.1, 0.15) is 12.0 Å². The predicted octanol–water partition coefficient (Wildman–Crippen LogP) is 1.61. The van der Waals surface area contributed by atoms with E-state index < -0.39 is 9.84 Å². The van der Waals surface area contributed by atoms with Crippen LogP contribution in [0.4, 0.5) is 0 Å². The summed E-state index contributed by atoms with van der Waals surface area (Å²) < 4.78 is 28.7. The number of hydrogen-bond acceptors (Lipinski definition) is 6. The summed E-state index contributed by atoms with van der Waals surface area (Å²) in [5, 5.41) is 2.24. The van der Waals surface area contributed by atoms with Crippen molar-refractivity contribution in [2.75, 3.05) is 58.4 Å². The van der Waals surface area contributed by atoms with Crippen LogP contribution in [0.2, 0.25) is 0 Å². The highest BCUT2D eigenvalue weighted by atomic mass is 32.2. The fourth-order valence-electron chi connectivity index (χ4n) is 4.52. The summed E-state index contributed by atoms with van der Waals surface area (Å²) in [4.78, 5) is 19.0. The van der Waals surface area contributed by atoms with E-state index in [1.54, 1.807) is 12.0 Å². The standard InChI is InChI=1S/C23H31N3O4S/c1-24(15-18-3-4-20-14-22(30-2)6-5-19(20)13-18)23(27)16-25-8-10-26(11-9-25)21-7-12-31(28,29)17-21/h3-6,13-14,21H,7-12,15-17H2,1-2H3/t21-/m0/s1. The number of sulfone groups is 1. The average Bonchev–Trinajstić information content (AvgIpc) is 3.13. The molecule has 0 unspecified atom stereocenters. The van der Waals surface area contributed by atoms with Gasteiger partial charge in [-0.3, -0.25) is 14.6 Å². The number of likely N-dealkylation sites (N-methyl/N-ethyl adjacent to an activating group) is 1. The Balaban J connectivity index is 1.28. The first kappa shape index (κ1) is 22.0. The molecule has 2 aliphatic rings. The van der Waals surface area contributed by atoms with Crippen molar-refractivity contribution in [2.24, 2.45) is 0 Å². The summed E-state index contributed by atoms with van der Waals surface area (Å²) in [5.74, 6) is 1.53. The van der Waals surface area contributed by atoms with Crippen molar-refractivity contribution in [3.63, 3.8) is 0 Å². The fourth-order valence-corrected chi connectivity index (χ4v) is 6.28. The Morgan fingerprint density at radius 3 is 2.48 bits per heavy atom. The topological polar surface area (TPSA) is 70.2 Å². The van der Waals surface area contributed by atoms with Crippen LogP contribution in [0.15, 0.2) is 36.4 Å². The number of ether oxygens (including phenoxy) is 1. The number of methoxy groups -OCH3 is 1. The second-order valence-corrected chi connectivity index (χ2v) is 10.9. The summed E-state index contributed by atoms with van der Waals surface area (Å²) in [6, 6.07) is 12.4. The zero-order valence-electron chi connectivity index (χ0n) is 18.3. The van der Waals surface area contributed by atoms with Gasteiger partial charge in [0.15, 0.2) is 9.84 Å². The molecule has 1 amide bonds. The van der Waals surface area contributed by atoms with Gasteiger partial charge in [-0.25, -0.2) is 8.42 Å². The van der Waals surface area contributed by atoms with E-state index >= 15 is 0 Å². The van der Waals surface area contributed by atoms with E-state index in [-0.39, 0.29) is 17.7 Å². The molecule has 0 bridgehead atoms. The van der Waals surface area contributed by atoms with Crippen LogP contribution in [0, 0.1) is 0 Å². The highest BCUT2D eigenvalue weighted by Crippen LogP contribution is 2.23. The van der Waals surface area contributed by atoms with Crippen LogP contribution < -0.4 is 4.74 Å². The van der Waals surface area contributed by atoms with Gasteiger partial charge in [0.1, 0.15) is 5.75 Å². The second-order valence-electron chi connectivity index (χ2n) is 8.67. The first-order valence-corrected chi connectivity index (χ1v) is 12.6. The Morgan fingerprint density at radius 2 is 1.81 bits per heavy atom. The van der Waals surface area contributed by atoms with Crippen LogP contribution in [0.3, 0.4) is 0 Å². The van der Waals surface area contributed by atoms with Gasteiger partial charge in [0.2, 0.25) is 5.91 Å². The minimum absolute atomic E-state index is 0.103. The number of benzene rings is 2. The van der Waals surface area contributed by atoms with Gasteiger partial charge in [-0.05, 0) is 41.0 Å². The summed E-state index contributed by atoms with van der Waals surface area (Å²) in [7, 11) is 0.651. The minimum Gasteiger partial charge on any atom is -0.497 e. The van der Waals surface area contributed by atoms with Crippen LogP contribution >= 0.6 is 0 Å². The molecular weight excluding hydrogens is 414 g/mol. The smallest absolute Gasteiger partial charge is 0.236 e. The number of carbonyl (C=O) groups is 1. The molecular formula is C23H31N3O4S. The third-order valence-electron chi connectivity index (χ3n) is 6.45. The monoisotopic (exact) mass is 445 g/mol. The molecule has 31 heavy (non-hydrogen) atoms. The molecule has 1 atom stereocenters. The van der Waals surface area contributed by atoms with E-state index in [1.807, 2.05) is 25.2 Å². The summed E-state index contributed by atoms with van der Waals surface area (Å²) in [5.41, 5.74) is 1.10. The van der Waals surface area contributed by atoms with Gasteiger partial charge in [-0.2, -0.15) is 0 Å². The van der Waals surface area contributed by atoms with E-state index in [9.17, 15) is 13.2 Å². The van der Waals surface area contributed by atoms with Crippen molar-refractivity contribution in [2.45, 2.75) is 19.0 Å². The number of carbonyl (C=O) groups excluding carboxylic acids is 1. The van der Waals surface area contributed by atoms with Gasteiger partial charge >= 0.3 is 0 Å². The predicted molar refractivity (Wildman–Crippen MR) is 122 cm³/mol. The van der Waals surface area contributed by atoms with Crippen molar-refractivity contribution >= 4 is 26.5 Å². The largest absolute Gasteiger partial charge is 0.497 e. The van der Waals surface area contributed by atoms with E-state index in [0.717, 1.165) is 54.7 Å². The van der Waals surface area contributed by atoms with E-state index in [1.165, 1.54) is 0 Å². The van der Waals surface area contributed by atoms with Crippen LogP contribution in [-0.4, -0.2) is 93.5 Å². The highest BCUT2D eigenvalue weighted by Gasteiger charge is 2.33. The van der Waals surface area contributed by atoms with E-state index in [4.69, 9.17) is 4.74 Å². The molecule has 8 heteroatoms. The highest BCUT2D eigenvalue weighted by molar-refractivity contribution is 7.91. The maximum atomic E-state index is 12.8.